The van der Waals surface area contributed by atoms with Crippen molar-refractivity contribution in [1.82, 2.24) is 19.1 Å². The third-order valence-corrected chi connectivity index (χ3v) is 7.49. The van der Waals surface area contributed by atoms with E-state index in [1.54, 1.807) is 6.92 Å². The van der Waals surface area contributed by atoms with E-state index in [1.165, 1.54) is 24.5 Å². The van der Waals surface area contributed by atoms with Crippen molar-refractivity contribution in [3.63, 3.8) is 0 Å². The van der Waals surface area contributed by atoms with Gasteiger partial charge in [-0.1, -0.05) is 6.92 Å². The Morgan fingerprint density at radius 2 is 1.26 bits per heavy atom. The zero-order chi connectivity index (χ0) is 28.4. The first-order valence-corrected chi connectivity index (χ1v) is 12.5. The summed E-state index contributed by atoms with van der Waals surface area (Å²) in [5, 5.41) is 49.2. The second-order valence-corrected chi connectivity index (χ2v) is 9.42. The molecule has 2 aromatic heterocycles. The molecule has 15 nitrogen and oxygen atoms in total. The summed E-state index contributed by atoms with van der Waals surface area (Å²) in [5.41, 5.74) is 6.76. The maximum atomic E-state index is 11.7. The van der Waals surface area contributed by atoms with Crippen molar-refractivity contribution in [3.05, 3.63) is 45.5 Å². The van der Waals surface area contributed by atoms with Crippen LogP contribution in [0.5, 0.6) is 0 Å². The van der Waals surface area contributed by atoms with Crippen LogP contribution < -0.4 is 22.8 Å². The van der Waals surface area contributed by atoms with E-state index in [9.17, 15) is 35.1 Å². The number of nitrogens with zero attached hydrogens (tertiary/aromatic N) is 4. The quantitative estimate of drug-likeness (QED) is 0.175. The van der Waals surface area contributed by atoms with Gasteiger partial charge in [0, 0.05) is 12.4 Å². The van der Waals surface area contributed by atoms with Gasteiger partial charge in [0.05, 0.1) is 18.4 Å². The van der Waals surface area contributed by atoms with Crippen LogP contribution in [0.2, 0.25) is 0 Å². The minimum Gasteiger partial charge on any atom is -0.393 e. The molecule has 0 aliphatic carbocycles. The molecule has 0 spiro atoms. The Bertz CT molecular complexity index is 1130. The molecule has 0 bridgehead atoms. The first-order valence-electron chi connectivity index (χ1n) is 11.4. The van der Waals surface area contributed by atoms with Crippen LogP contribution in [-0.4, -0.2) is 98.6 Å². The molecular formula is C21H30Cl2N6O9. The third-order valence-electron chi connectivity index (χ3n) is 6.59. The normalized spacial score (nSPS) is 34.6. The van der Waals surface area contributed by atoms with Crippen molar-refractivity contribution in [2.24, 2.45) is 0 Å². The molecule has 9 N–H and O–H groups in total. The van der Waals surface area contributed by atoms with Gasteiger partial charge in [-0.2, -0.15) is 9.97 Å². The number of aliphatic hydroxyl groups excluding tert-OH is 5. The van der Waals surface area contributed by atoms with Gasteiger partial charge in [0.1, 0.15) is 47.3 Å². The van der Waals surface area contributed by atoms with Crippen molar-refractivity contribution < 1.29 is 35.0 Å². The van der Waals surface area contributed by atoms with E-state index in [4.69, 9.17) is 44.1 Å². The first-order chi connectivity index (χ1) is 17.9. The van der Waals surface area contributed by atoms with Crippen molar-refractivity contribution in [3.8, 4) is 0 Å². The number of rotatable bonds is 6. The Kier molecular flexibility index (Phi) is 9.39. The molecule has 0 saturated carbocycles. The van der Waals surface area contributed by atoms with E-state index < -0.39 is 66.1 Å². The highest BCUT2D eigenvalue weighted by Gasteiger charge is 2.55. The van der Waals surface area contributed by atoms with Gasteiger partial charge in [0.15, 0.2) is 12.5 Å². The minimum absolute atomic E-state index is 0.00930. The lowest BCUT2D eigenvalue weighted by Gasteiger charge is -2.28. The van der Waals surface area contributed by atoms with Gasteiger partial charge in [-0.25, -0.2) is 9.59 Å². The van der Waals surface area contributed by atoms with Crippen molar-refractivity contribution >= 4 is 34.8 Å². The number of alkyl halides is 2. The topological polar surface area (TPSA) is 241 Å². The third kappa shape index (κ3) is 5.38. The number of nitrogens with two attached hydrogens (primary N) is 2. The summed E-state index contributed by atoms with van der Waals surface area (Å²) in [4.78, 5) is 30.5. The molecule has 0 unspecified atom stereocenters. The summed E-state index contributed by atoms with van der Waals surface area (Å²) in [6, 6.07) is 2.76. The summed E-state index contributed by atoms with van der Waals surface area (Å²) in [7, 11) is 0. The molecule has 2 saturated heterocycles. The number of aliphatic hydroxyl groups is 5. The lowest BCUT2D eigenvalue weighted by Crippen LogP contribution is -2.47. The summed E-state index contributed by atoms with van der Waals surface area (Å²) in [6.45, 7) is 1.19. The Labute approximate surface area is 225 Å². The fourth-order valence-corrected chi connectivity index (χ4v) is 4.87. The molecule has 4 heterocycles. The molecule has 0 aromatic carbocycles. The maximum Gasteiger partial charge on any atom is 0.351 e. The fourth-order valence-electron chi connectivity index (χ4n) is 4.16. The van der Waals surface area contributed by atoms with Gasteiger partial charge in [0.25, 0.3) is 0 Å². The Hall–Kier alpha value is -2.34. The van der Waals surface area contributed by atoms with E-state index in [-0.39, 0.29) is 23.4 Å². The predicted octanol–water partition coefficient (Wildman–Crippen LogP) is -2.49. The van der Waals surface area contributed by atoms with Gasteiger partial charge in [0.2, 0.25) is 0 Å². The summed E-state index contributed by atoms with van der Waals surface area (Å²) in [5.74, 6) is -0.126. The summed E-state index contributed by atoms with van der Waals surface area (Å²) < 4.78 is 13.1. The van der Waals surface area contributed by atoms with Crippen LogP contribution in [0.4, 0.5) is 11.6 Å². The lowest BCUT2D eigenvalue weighted by molar-refractivity contribution is -0.115. The van der Waals surface area contributed by atoms with E-state index in [2.05, 4.69) is 9.97 Å². The summed E-state index contributed by atoms with van der Waals surface area (Å²) in [6.07, 6.45) is -4.46. The van der Waals surface area contributed by atoms with E-state index in [1.807, 2.05) is 0 Å². The highest BCUT2D eigenvalue weighted by molar-refractivity contribution is 6.18. The second kappa shape index (κ2) is 11.8. The minimum atomic E-state index is -1.52. The monoisotopic (exact) mass is 580 g/mol. The Balaban J connectivity index is 0.000000211. The van der Waals surface area contributed by atoms with E-state index in [0.29, 0.717) is 6.42 Å². The molecule has 0 radical (unpaired) electrons. The highest BCUT2D eigenvalue weighted by Crippen LogP contribution is 2.39. The van der Waals surface area contributed by atoms with Gasteiger partial charge >= 0.3 is 11.4 Å². The van der Waals surface area contributed by atoms with Crippen LogP contribution in [0.1, 0.15) is 25.8 Å². The van der Waals surface area contributed by atoms with Gasteiger partial charge in [-0.15, -0.1) is 23.2 Å². The van der Waals surface area contributed by atoms with Crippen LogP contribution in [0.25, 0.3) is 0 Å². The van der Waals surface area contributed by atoms with Crippen molar-refractivity contribution in [1.29, 1.82) is 0 Å². The van der Waals surface area contributed by atoms with Gasteiger partial charge in [-0.05, 0) is 18.6 Å². The number of halogens is 2. The zero-order valence-electron chi connectivity index (χ0n) is 20.2. The number of hydrogen-bond donors (Lipinski definition) is 7. The van der Waals surface area contributed by atoms with Crippen molar-refractivity contribution in [2.45, 2.75) is 61.4 Å². The smallest absolute Gasteiger partial charge is 0.351 e. The zero-order valence-corrected chi connectivity index (χ0v) is 21.7. The van der Waals surface area contributed by atoms with Gasteiger partial charge < -0.3 is 46.5 Å². The van der Waals surface area contributed by atoms with Crippen LogP contribution in [-0.2, 0) is 9.47 Å². The van der Waals surface area contributed by atoms with Crippen molar-refractivity contribution in [2.75, 3.05) is 29.8 Å². The van der Waals surface area contributed by atoms with Gasteiger partial charge in [-0.3, -0.25) is 9.13 Å². The standard InChI is InChI=1S/C11H16ClN3O4.C10H14ClN3O5/c1-2-11(5-12)8(17)7(16)9(19-11)15-4-3-6(13)14-10(15)18;11-3-10(4-15)7(17)6(16)8(19-10)14-2-1-5(12)13-9(14)18/h3-4,7-9,16-17H,2,5H2,1H3,(H2,13,14,18);1-2,6-8,15-17H,3-4H2,(H2,12,13,18)/t7-,8+,9-,11+;6-,7+,8-,10-/m11/s1. The predicted molar refractivity (Wildman–Crippen MR) is 134 cm³/mol. The first kappa shape index (κ1) is 30.2. The SMILES string of the molecule is CC[C@@]1(CCl)O[C@@H](n2ccc(N)nc2=O)[C@H](O)[C@@H]1O.Nc1ccn([C@@H]2O[C@@](CO)(CCl)[C@@H](O)[C@H]2O)c(=O)n1. The lowest BCUT2D eigenvalue weighted by atomic mass is 9.94. The van der Waals surface area contributed by atoms with E-state index in [0.717, 1.165) is 9.13 Å². The molecule has 212 valence electrons. The van der Waals surface area contributed by atoms with E-state index >= 15 is 0 Å². The molecule has 38 heavy (non-hydrogen) atoms. The Morgan fingerprint density at radius 3 is 1.55 bits per heavy atom. The number of hydrogen-bond acceptors (Lipinski definition) is 13. The number of anilines is 2. The number of nitrogen functional groups attached to an aromatic ring is 2. The molecule has 2 fully saturated rings. The van der Waals surface area contributed by atoms with Crippen LogP contribution in [0, 0.1) is 0 Å². The molecule has 17 heteroatoms. The molecular weight excluding hydrogens is 551 g/mol. The van der Waals surface area contributed by atoms with Crippen LogP contribution in [0.3, 0.4) is 0 Å². The molecule has 0 amide bonds. The largest absolute Gasteiger partial charge is 0.393 e. The molecule has 2 aliphatic rings. The van der Waals surface area contributed by atoms with Crippen LogP contribution >= 0.6 is 23.2 Å². The summed E-state index contributed by atoms with van der Waals surface area (Å²) >= 11 is 11.5. The highest BCUT2D eigenvalue weighted by atomic mass is 35.5. The Morgan fingerprint density at radius 1 is 0.868 bits per heavy atom. The number of aromatic nitrogens is 4. The second-order valence-electron chi connectivity index (χ2n) is 8.88. The number of ether oxygens (including phenoxy) is 2. The van der Waals surface area contributed by atoms with Crippen LogP contribution in [0.15, 0.2) is 34.1 Å². The average molecular weight is 581 g/mol. The average Bonchev–Trinajstić information content (AvgIpc) is 3.30. The fraction of sp³-hybridized carbons (Fsp3) is 0.619. The molecule has 2 aromatic rings. The molecule has 2 aliphatic heterocycles. The molecule has 8 atom stereocenters. The molecule has 4 rings (SSSR count). The maximum absolute atomic E-state index is 11.7.